The summed E-state index contributed by atoms with van der Waals surface area (Å²) in [5, 5.41) is 12.5. The number of nitrogens with one attached hydrogen (secondary N) is 1. The van der Waals surface area contributed by atoms with Gasteiger partial charge in [-0.05, 0) is 34.9 Å². The summed E-state index contributed by atoms with van der Waals surface area (Å²) in [5.41, 5.74) is 4.86. The van der Waals surface area contributed by atoms with E-state index in [1.807, 2.05) is 18.2 Å². The Bertz CT molecular complexity index is 735. The summed E-state index contributed by atoms with van der Waals surface area (Å²) < 4.78 is 0. The number of hydrogen-bond donors (Lipinski definition) is 1. The standard InChI is InChI=1S/C17H13N3/c1-2-4-16-15-7-6-12(9-13(15)11-20-16)14-5-3-8-19-17(14)10-18/h1,3,5-9,16,20H,4,11H2. The Morgan fingerprint density at radius 1 is 1.40 bits per heavy atom. The van der Waals surface area contributed by atoms with E-state index in [0.29, 0.717) is 12.1 Å². The van der Waals surface area contributed by atoms with Crippen LogP contribution in [0.25, 0.3) is 11.1 Å². The second kappa shape index (κ2) is 5.17. The van der Waals surface area contributed by atoms with Gasteiger partial charge in [0.1, 0.15) is 11.8 Å². The van der Waals surface area contributed by atoms with Gasteiger partial charge < -0.3 is 5.32 Å². The normalized spacial score (nSPS) is 16.2. The number of benzene rings is 1. The monoisotopic (exact) mass is 259 g/mol. The van der Waals surface area contributed by atoms with E-state index in [4.69, 9.17) is 11.7 Å². The summed E-state index contributed by atoms with van der Waals surface area (Å²) in [6.07, 6.45) is 7.73. The second-order valence-electron chi connectivity index (χ2n) is 4.77. The van der Waals surface area contributed by atoms with E-state index in [2.05, 4.69) is 34.4 Å². The van der Waals surface area contributed by atoms with Crippen LogP contribution < -0.4 is 5.32 Å². The van der Waals surface area contributed by atoms with Crippen molar-refractivity contribution in [3.05, 3.63) is 53.3 Å². The molecular weight excluding hydrogens is 246 g/mol. The van der Waals surface area contributed by atoms with Gasteiger partial charge in [0.15, 0.2) is 0 Å². The minimum Gasteiger partial charge on any atom is -0.305 e. The SMILES string of the molecule is C#CCC1NCc2cc(-c3cccnc3C#N)ccc21. The lowest BCUT2D eigenvalue weighted by atomic mass is 9.96. The molecule has 20 heavy (non-hydrogen) atoms. The highest BCUT2D eigenvalue weighted by molar-refractivity contribution is 5.70. The van der Waals surface area contributed by atoms with E-state index in [0.717, 1.165) is 17.7 Å². The lowest BCUT2D eigenvalue weighted by molar-refractivity contribution is 0.598. The fourth-order valence-corrected chi connectivity index (χ4v) is 2.64. The molecule has 0 saturated heterocycles. The van der Waals surface area contributed by atoms with Gasteiger partial charge in [0.05, 0.1) is 0 Å². The summed E-state index contributed by atoms with van der Waals surface area (Å²) in [6, 6.07) is 12.4. The smallest absolute Gasteiger partial charge is 0.148 e. The molecule has 0 saturated carbocycles. The molecule has 3 rings (SSSR count). The van der Waals surface area contributed by atoms with Gasteiger partial charge in [-0.3, -0.25) is 0 Å². The topological polar surface area (TPSA) is 48.7 Å². The maximum absolute atomic E-state index is 9.14. The van der Waals surface area contributed by atoms with Crippen LogP contribution in [0, 0.1) is 23.7 Å². The molecule has 0 amide bonds. The van der Waals surface area contributed by atoms with Crippen molar-refractivity contribution in [3.8, 4) is 29.5 Å². The molecule has 3 heteroatoms. The second-order valence-corrected chi connectivity index (χ2v) is 4.77. The molecule has 1 aliphatic heterocycles. The zero-order valence-electron chi connectivity index (χ0n) is 10.9. The highest BCUT2D eigenvalue weighted by atomic mass is 14.9. The van der Waals surface area contributed by atoms with Crippen molar-refractivity contribution >= 4 is 0 Å². The third kappa shape index (κ3) is 2.05. The van der Waals surface area contributed by atoms with Crippen LogP contribution in [0.15, 0.2) is 36.5 Å². The summed E-state index contributed by atoms with van der Waals surface area (Å²) in [6.45, 7) is 0.817. The molecule has 1 aromatic carbocycles. The van der Waals surface area contributed by atoms with Crippen LogP contribution in [0.4, 0.5) is 0 Å². The maximum Gasteiger partial charge on any atom is 0.148 e. The van der Waals surface area contributed by atoms with Crippen LogP contribution in [0.1, 0.15) is 29.3 Å². The summed E-state index contributed by atoms with van der Waals surface area (Å²) in [4.78, 5) is 4.11. The van der Waals surface area contributed by atoms with E-state index >= 15 is 0 Å². The molecule has 2 aromatic rings. The van der Waals surface area contributed by atoms with Crippen LogP contribution in [-0.2, 0) is 6.54 Å². The predicted octanol–water partition coefficient (Wildman–Crippen LogP) is 2.79. The predicted molar refractivity (Wildman–Crippen MR) is 77.4 cm³/mol. The number of nitriles is 1. The lowest BCUT2D eigenvalue weighted by Crippen LogP contribution is -2.10. The van der Waals surface area contributed by atoms with Crippen molar-refractivity contribution in [2.75, 3.05) is 0 Å². The molecule has 1 N–H and O–H groups in total. The van der Waals surface area contributed by atoms with Crippen molar-refractivity contribution in [3.63, 3.8) is 0 Å². The van der Waals surface area contributed by atoms with Crippen LogP contribution in [0.3, 0.4) is 0 Å². The number of nitrogens with zero attached hydrogens (tertiary/aromatic N) is 2. The van der Waals surface area contributed by atoms with E-state index in [9.17, 15) is 0 Å². The zero-order chi connectivity index (χ0) is 13.9. The molecule has 0 spiro atoms. The van der Waals surface area contributed by atoms with Crippen molar-refractivity contribution < 1.29 is 0 Å². The maximum atomic E-state index is 9.14. The van der Waals surface area contributed by atoms with E-state index in [1.165, 1.54) is 11.1 Å². The van der Waals surface area contributed by atoms with E-state index < -0.39 is 0 Å². The molecule has 1 aliphatic rings. The number of pyridine rings is 1. The number of rotatable bonds is 2. The Morgan fingerprint density at radius 3 is 3.10 bits per heavy atom. The third-order valence-electron chi connectivity index (χ3n) is 3.60. The average Bonchev–Trinajstić information content (AvgIpc) is 2.90. The molecule has 1 unspecified atom stereocenters. The van der Waals surface area contributed by atoms with Gasteiger partial charge >= 0.3 is 0 Å². The molecular formula is C17H13N3. The number of fused-ring (bicyclic) bond motifs is 1. The van der Waals surface area contributed by atoms with Crippen molar-refractivity contribution in [2.45, 2.75) is 19.0 Å². The van der Waals surface area contributed by atoms with Gasteiger partial charge in [0, 0.05) is 30.8 Å². The van der Waals surface area contributed by atoms with Gasteiger partial charge in [0.2, 0.25) is 0 Å². The van der Waals surface area contributed by atoms with Crippen LogP contribution in [0.5, 0.6) is 0 Å². The van der Waals surface area contributed by atoms with E-state index in [-0.39, 0.29) is 6.04 Å². The molecule has 1 aromatic heterocycles. The van der Waals surface area contributed by atoms with Gasteiger partial charge in [-0.15, -0.1) is 12.3 Å². The molecule has 0 bridgehead atoms. The quantitative estimate of drug-likeness (QED) is 0.844. The van der Waals surface area contributed by atoms with Gasteiger partial charge in [-0.2, -0.15) is 5.26 Å². The van der Waals surface area contributed by atoms with Crippen LogP contribution in [0.2, 0.25) is 0 Å². The Kier molecular flexibility index (Phi) is 3.21. The first kappa shape index (κ1) is 12.4. The van der Waals surface area contributed by atoms with Crippen molar-refractivity contribution in [1.29, 1.82) is 5.26 Å². The highest BCUT2D eigenvalue weighted by Crippen LogP contribution is 2.32. The molecule has 2 heterocycles. The van der Waals surface area contributed by atoms with E-state index in [1.54, 1.807) is 6.20 Å². The Morgan fingerprint density at radius 2 is 2.30 bits per heavy atom. The van der Waals surface area contributed by atoms with Gasteiger partial charge in [-0.25, -0.2) is 4.98 Å². The molecule has 1 atom stereocenters. The largest absolute Gasteiger partial charge is 0.305 e. The molecule has 3 nitrogen and oxygen atoms in total. The van der Waals surface area contributed by atoms with Gasteiger partial charge in [-0.1, -0.05) is 12.1 Å². The number of hydrogen-bond acceptors (Lipinski definition) is 3. The Balaban J connectivity index is 2.03. The zero-order valence-corrected chi connectivity index (χ0v) is 10.9. The Labute approximate surface area is 118 Å². The van der Waals surface area contributed by atoms with Crippen LogP contribution >= 0.6 is 0 Å². The molecule has 96 valence electrons. The number of aromatic nitrogens is 1. The highest BCUT2D eigenvalue weighted by Gasteiger charge is 2.21. The lowest BCUT2D eigenvalue weighted by Gasteiger charge is -2.09. The Hall–Kier alpha value is -2.62. The molecule has 0 fully saturated rings. The minimum atomic E-state index is 0.244. The number of terminal acetylenes is 1. The van der Waals surface area contributed by atoms with Crippen molar-refractivity contribution in [1.82, 2.24) is 10.3 Å². The summed E-state index contributed by atoms with van der Waals surface area (Å²) >= 11 is 0. The fourth-order valence-electron chi connectivity index (χ4n) is 2.64. The first-order valence-electron chi connectivity index (χ1n) is 6.48. The first-order valence-corrected chi connectivity index (χ1v) is 6.48. The summed E-state index contributed by atoms with van der Waals surface area (Å²) in [5.74, 6) is 2.70. The average molecular weight is 259 g/mol. The molecule has 0 radical (unpaired) electrons. The minimum absolute atomic E-state index is 0.244. The fraction of sp³-hybridized carbons (Fsp3) is 0.176. The van der Waals surface area contributed by atoms with Crippen molar-refractivity contribution in [2.24, 2.45) is 0 Å². The first-order chi connectivity index (χ1) is 9.83. The van der Waals surface area contributed by atoms with Gasteiger partial charge in [0.25, 0.3) is 0 Å². The summed E-state index contributed by atoms with van der Waals surface area (Å²) in [7, 11) is 0. The van der Waals surface area contributed by atoms with Crippen LogP contribution in [-0.4, -0.2) is 4.98 Å². The molecule has 0 aliphatic carbocycles. The third-order valence-corrected chi connectivity index (χ3v) is 3.60.